The molecule has 0 spiro atoms. The summed E-state index contributed by atoms with van der Waals surface area (Å²) >= 11 is 12.0. The monoisotopic (exact) mass is 494 g/mol. The van der Waals surface area contributed by atoms with Crippen molar-refractivity contribution in [2.75, 3.05) is 0 Å². The van der Waals surface area contributed by atoms with Gasteiger partial charge in [-0.25, -0.2) is 13.1 Å². The summed E-state index contributed by atoms with van der Waals surface area (Å²) < 4.78 is 37.0. The van der Waals surface area contributed by atoms with Gasteiger partial charge in [0, 0.05) is 6.54 Å². The number of nitrogens with zero attached hydrogens (tertiary/aromatic N) is 3. The summed E-state index contributed by atoms with van der Waals surface area (Å²) in [5.74, 6) is 0.495. The summed E-state index contributed by atoms with van der Waals surface area (Å²) in [4.78, 5) is 0.0264. The zero-order valence-electron chi connectivity index (χ0n) is 17.5. The highest BCUT2D eigenvalue weighted by Crippen LogP contribution is 2.29. The Morgan fingerprint density at radius 3 is 2.50 bits per heavy atom. The third-order valence-corrected chi connectivity index (χ3v) is 7.69. The molecule has 7 nitrogen and oxygen atoms in total. The zero-order chi connectivity index (χ0) is 22.7. The maximum Gasteiger partial charge on any atom is 0.317 e. The van der Waals surface area contributed by atoms with Gasteiger partial charge in [-0.2, -0.15) is 0 Å². The average molecular weight is 495 g/mol. The summed E-state index contributed by atoms with van der Waals surface area (Å²) in [5, 5.41) is 8.99. The lowest BCUT2D eigenvalue weighted by molar-refractivity contribution is 0.103. The molecule has 1 N–H and O–H groups in total. The molecule has 1 aliphatic carbocycles. The molecule has 3 aromatic rings. The second-order valence-corrected chi connectivity index (χ2v) is 10.2. The molecule has 1 heterocycles. The van der Waals surface area contributed by atoms with Crippen LogP contribution in [0.3, 0.4) is 0 Å². The predicted octanol–water partition coefficient (Wildman–Crippen LogP) is 4.80. The van der Waals surface area contributed by atoms with Crippen LogP contribution >= 0.6 is 23.2 Å². The quantitative estimate of drug-likeness (QED) is 0.461. The summed E-state index contributed by atoms with van der Waals surface area (Å²) in [6, 6.07) is 13.6. The fourth-order valence-corrected chi connectivity index (χ4v) is 5.10. The van der Waals surface area contributed by atoms with Crippen molar-refractivity contribution < 1.29 is 13.2 Å². The van der Waals surface area contributed by atoms with Crippen LogP contribution in [0.15, 0.2) is 53.4 Å². The Labute approximate surface area is 197 Å². The Morgan fingerprint density at radius 1 is 1.12 bits per heavy atom. The molecule has 1 fully saturated rings. The third kappa shape index (κ3) is 5.09. The second-order valence-electron chi connectivity index (χ2n) is 7.70. The first-order valence-corrected chi connectivity index (χ1v) is 12.7. The molecule has 2 aromatic carbocycles. The number of rotatable bonds is 9. The molecule has 0 unspecified atom stereocenters. The maximum absolute atomic E-state index is 13.2. The van der Waals surface area contributed by atoms with Crippen molar-refractivity contribution >= 4 is 33.2 Å². The number of nitrogens with one attached hydrogen (secondary N) is 1. The van der Waals surface area contributed by atoms with Gasteiger partial charge in [-0.15, -0.1) is 5.10 Å². The van der Waals surface area contributed by atoms with Crippen molar-refractivity contribution in [3.05, 3.63) is 70.0 Å². The van der Waals surface area contributed by atoms with E-state index in [2.05, 4.69) is 14.9 Å². The standard InChI is InChI=1S/C22H24Cl2N4O3S/c1-2-28-21(25-26-22(28)31-16-9-6-10-16)20(13-15-7-4-3-5-8-15)27-32(29,30)17-11-12-18(23)19(24)14-17/h3-5,7-8,11-12,14,16,20,27H,2,6,9-10,13H2,1H3/t20-/m1/s1. The molecule has 0 bridgehead atoms. The molecule has 0 amide bonds. The summed E-state index contributed by atoms with van der Waals surface area (Å²) in [6.07, 6.45) is 3.64. The highest BCUT2D eigenvalue weighted by molar-refractivity contribution is 7.89. The molecular formula is C22H24Cl2N4O3S. The van der Waals surface area contributed by atoms with Crippen molar-refractivity contribution in [1.82, 2.24) is 19.5 Å². The molecule has 170 valence electrons. The van der Waals surface area contributed by atoms with Gasteiger partial charge in [0.25, 0.3) is 0 Å². The van der Waals surface area contributed by atoms with Crippen LogP contribution in [0.4, 0.5) is 0 Å². The van der Waals surface area contributed by atoms with E-state index in [1.807, 2.05) is 41.8 Å². The lowest BCUT2D eigenvalue weighted by atomic mass is 9.96. The number of hydrogen-bond donors (Lipinski definition) is 1. The zero-order valence-corrected chi connectivity index (χ0v) is 19.9. The maximum atomic E-state index is 13.2. The summed E-state index contributed by atoms with van der Waals surface area (Å²) in [6.45, 7) is 2.50. The molecule has 1 aromatic heterocycles. The van der Waals surface area contributed by atoms with E-state index in [1.165, 1.54) is 18.2 Å². The molecule has 1 saturated carbocycles. The predicted molar refractivity (Wildman–Crippen MR) is 124 cm³/mol. The van der Waals surface area contributed by atoms with Gasteiger partial charge in [0.1, 0.15) is 6.10 Å². The molecule has 0 aliphatic heterocycles. The minimum absolute atomic E-state index is 0.0264. The number of sulfonamides is 1. The lowest BCUT2D eigenvalue weighted by Gasteiger charge is -2.26. The topological polar surface area (TPSA) is 86.1 Å². The van der Waals surface area contributed by atoms with Crippen molar-refractivity contribution in [3.63, 3.8) is 0 Å². The Kier molecular flexibility index (Phi) is 7.05. The van der Waals surface area contributed by atoms with Crippen LogP contribution in [0, 0.1) is 0 Å². The highest BCUT2D eigenvalue weighted by Gasteiger charge is 2.29. The first-order valence-electron chi connectivity index (χ1n) is 10.5. The number of halogens is 2. The van der Waals surface area contributed by atoms with E-state index < -0.39 is 16.1 Å². The number of benzene rings is 2. The molecule has 0 radical (unpaired) electrons. The Balaban J connectivity index is 1.68. The molecule has 0 saturated heterocycles. The van der Waals surface area contributed by atoms with E-state index in [4.69, 9.17) is 27.9 Å². The fourth-order valence-electron chi connectivity index (χ4n) is 3.51. The van der Waals surface area contributed by atoms with E-state index >= 15 is 0 Å². The summed E-state index contributed by atoms with van der Waals surface area (Å²) in [7, 11) is -3.91. The van der Waals surface area contributed by atoms with Crippen LogP contribution < -0.4 is 9.46 Å². The van der Waals surface area contributed by atoms with Gasteiger partial charge in [-0.1, -0.05) is 58.6 Å². The van der Waals surface area contributed by atoms with E-state index in [0.717, 1.165) is 24.8 Å². The third-order valence-electron chi connectivity index (χ3n) is 5.48. The smallest absolute Gasteiger partial charge is 0.317 e. The highest BCUT2D eigenvalue weighted by atomic mass is 35.5. The number of aromatic nitrogens is 3. The minimum Gasteiger partial charge on any atom is -0.460 e. The van der Waals surface area contributed by atoms with Gasteiger partial charge in [0.2, 0.25) is 10.0 Å². The van der Waals surface area contributed by atoms with Crippen LogP contribution in [-0.2, 0) is 23.0 Å². The molecule has 1 atom stereocenters. The van der Waals surface area contributed by atoms with Crippen molar-refractivity contribution in [2.24, 2.45) is 0 Å². The number of hydrogen-bond acceptors (Lipinski definition) is 5. The lowest BCUT2D eigenvalue weighted by Crippen LogP contribution is -2.32. The molecule has 1 aliphatic rings. The van der Waals surface area contributed by atoms with Gasteiger partial charge < -0.3 is 4.74 Å². The van der Waals surface area contributed by atoms with Gasteiger partial charge in [-0.05, 0) is 56.4 Å². The molecular weight excluding hydrogens is 471 g/mol. The van der Waals surface area contributed by atoms with E-state index in [-0.39, 0.29) is 21.0 Å². The van der Waals surface area contributed by atoms with Crippen LogP contribution in [0.1, 0.15) is 43.6 Å². The van der Waals surface area contributed by atoms with Crippen LogP contribution in [0.2, 0.25) is 10.0 Å². The first-order chi connectivity index (χ1) is 15.4. The van der Waals surface area contributed by atoms with Crippen molar-refractivity contribution in [2.45, 2.75) is 56.2 Å². The van der Waals surface area contributed by atoms with Crippen molar-refractivity contribution in [1.29, 1.82) is 0 Å². The van der Waals surface area contributed by atoms with Gasteiger partial charge >= 0.3 is 6.01 Å². The number of ether oxygens (including phenoxy) is 1. The van der Waals surface area contributed by atoms with Crippen LogP contribution in [-0.4, -0.2) is 29.3 Å². The Morgan fingerprint density at radius 2 is 1.88 bits per heavy atom. The minimum atomic E-state index is -3.91. The Bertz CT molecular complexity index is 1180. The normalized spacial score (nSPS) is 15.3. The van der Waals surface area contributed by atoms with Crippen molar-refractivity contribution in [3.8, 4) is 6.01 Å². The first kappa shape index (κ1) is 23.0. The largest absolute Gasteiger partial charge is 0.460 e. The average Bonchev–Trinajstić information content (AvgIpc) is 3.15. The van der Waals surface area contributed by atoms with Gasteiger partial charge in [0.15, 0.2) is 5.82 Å². The van der Waals surface area contributed by atoms with E-state index in [1.54, 1.807) is 0 Å². The fraction of sp³-hybridized carbons (Fsp3) is 0.364. The molecule has 4 rings (SSSR count). The molecule has 32 heavy (non-hydrogen) atoms. The second kappa shape index (κ2) is 9.79. The van der Waals surface area contributed by atoms with Crippen LogP contribution in [0.25, 0.3) is 0 Å². The Hall–Kier alpha value is -2.13. The molecule has 10 heteroatoms. The van der Waals surface area contributed by atoms with Gasteiger partial charge in [-0.3, -0.25) is 4.57 Å². The van der Waals surface area contributed by atoms with Gasteiger partial charge in [0.05, 0.1) is 21.0 Å². The van der Waals surface area contributed by atoms with E-state index in [9.17, 15) is 8.42 Å². The van der Waals surface area contributed by atoms with E-state index in [0.29, 0.717) is 24.8 Å². The van der Waals surface area contributed by atoms with Crippen LogP contribution in [0.5, 0.6) is 6.01 Å². The summed E-state index contributed by atoms with van der Waals surface area (Å²) in [5.41, 5.74) is 0.960. The SMILES string of the molecule is CCn1c(OC2CCC2)nnc1[C@@H](Cc1ccccc1)NS(=O)(=O)c1ccc(Cl)c(Cl)c1.